The third-order valence-corrected chi connectivity index (χ3v) is 7.53. The van der Waals surface area contributed by atoms with Crippen LogP contribution in [0.3, 0.4) is 0 Å². The van der Waals surface area contributed by atoms with Gasteiger partial charge in [0.2, 0.25) is 0 Å². The van der Waals surface area contributed by atoms with Gasteiger partial charge in [-0.25, -0.2) is 8.42 Å². The van der Waals surface area contributed by atoms with Gasteiger partial charge in [-0.05, 0) is 55.3 Å². The number of esters is 1. The normalized spacial score (nSPS) is 12.5. The van der Waals surface area contributed by atoms with Crippen molar-refractivity contribution in [2.45, 2.75) is 24.8 Å². The molecule has 3 aromatic rings. The number of ether oxygens (including phenoxy) is 2. The average molecular weight is 537 g/mol. The van der Waals surface area contributed by atoms with Crippen LogP contribution in [0.4, 0.5) is 0 Å². The van der Waals surface area contributed by atoms with E-state index in [1.807, 2.05) is 19.1 Å². The van der Waals surface area contributed by atoms with Crippen LogP contribution in [0.25, 0.3) is 10.9 Å². The predicted molar refractivity (Wildman–Crippen MR) is 136 cm³/mol. The molecule has 0 fully saturated rings. The molecule has 0 bridgehead atoms. The summed E-state index contributed by atoms with van der Waals surface area (Å²) in [5, 5.41) is 12.9. The molecule has 0 spiro atoms. The minimum atomic E-state index is -3.90. The standard InChI is InChI=1S/C25H29ClN2O7S/c1-16-12-21(26)20-14-23(28(3)22(20)13-16)25(31)27-17(2)18-4-6-19(7-5-18)36(32,33)15-24(30)35-11-10-34-9-8-29/h4-7,12-14,17,29H,8-11,15H2,1-3H3,(H,27,31)/t17-/m1/s1. The number of carbonyl (C=O) groups excluding carboxylic acids is 2. The maximum atomic E-state index is 13.0. The first-order valence-electron chi connectivity index (χ1n) is 11.3. The summed E-state index contributed by atoms with van der Waals surface area (Å²) >= 11 is 6.34. The molecule has 1 heterocycles. The number of benzene rings is 2. The summed E-state index contributed by atoms with van der Waals surface area (Å²) in [5.41, 5.74) is 2.98. The highest BCUT2D eigenvalue weighted by Crippen LogP contribution is 2.28. The number of amides is 1. The van der Waals surface area contributed by atoms with Crippen LogP contribution >= 0.6 is 11.6 Å². The molecule has 36 heavy (non-hydrogen) atoms. The fourth-order valence-corrected chi connectivity index (χ4v) is 5.15. The first-order valence-corrected chi connectivity index (χ1v) is 13.3. The van der Waals surface area contributed by atoms with Crippen molar-refractivity contribution < 1.29 is 32.6 Å². The van der Waals surface area contributed by atoms with Crippen molar-refractivity contribution in [2.24, 2.45) is 7.05 Å². The minimum absolute atomic E-state index is 0.0306. The van der Waals surface area contributed by atoms with Gasteiger partial charge in [0.1, 0.15) is 12.3 Å². The molecule has 0 unspecified atom stereocenters. The van der Waals surface area contributed by atoms with E-state index in [9.17, 15) is 18.0 Å². The highest BCUT2D eigenvalue weighted by atomic mass is 35.5. The summed E-state index contributed by atoms with van der Waals surface area (Å²) in [6, 6.07) is 11.1. The van der Waals surface area contributed by atoms with Gasteiger partial charge in [-0.1, -0.05) is 23.7 Å². The van der Waals surface area contributed by atoms with E-state index in [-0.39, 0.29) is 37.2 Å². The van der Waals surface area contributed by atoms with E-state index in [1.54, 1.807) is 36.7 Å². The lowest BCUT2D eigenvalue weighted by Gasteiger charge is -2.15. The third-order valence-electron chi connectivity index (χ3n) is 5.61. The molecule has 0 aliphatic heterocycles. The molecule has 2 N–H and O–H groups in total. The summed E-state index contributed by atoms with van der Waals surface area (Å²) < 4.78 is 36.7. The monoisotopic (exact) mass is 536 g/mol. The van der Waals surface area contributed by atoms with Crippen molar-refractivity contribution >= 4 is 44.2 Å². The molecule has 0 radical (unpaired) electrons. The fraction of sp³-hybridized carbons (Fsp3) is 0.360. The van der Waals surface area contributed by atoms with Crippen LogP contribution in [-0.2, 0) is 31.2 Å². The molecule has 0 aliphatic rings. The molecule has 0 saturated carbocycles. The maximum absolute atomic E-state index is 13.0. The Hall–Kier alpha value is -2.92. The number of hydrogen-bond donors (Lipinski definition) is 2. The molecular formula is C25H29ClN2O7S. The molecule has 9 nitrogen and oxygen atoms in total. The van der Waals surface area contributed by atoms with E-state index in [4.69, 9.17) is 26.2 Å². The Morgan fingerprint density at radius 1 is 1.11 bits per heavy atom. The lowest BCUT2D eigenvalue weighted by molar-refractivity contribution is -0.142. The van der Waals surface area contributed by atoms with Gasteiger partial charge in [0.05, 0.1) is 41.3 Å². The lowest BCUT2D eigenvalue weighted by atomic mass is 10.1. The molecule has 194 valence electrons. The number of halogens is 1. The van der Waals surface area contributed by atoms with Crippen LogP contribution in [0.15, 0.2) is 47.4 Å². The Morgan fingerprint density at radius 2 is 1.81 bits per heavy atom. The molecule has 0 aliphatic carbocycles. The van der Waals surface area contributed by atoms with E-state index in [0.717, 1.165) is 16.5 Å². The van der Waals surface area contributed by atoms with Crippen molar-refractivity contribution in [1.29, 1.82) is 0 Å². The number of carbonyl (C=O) groups is 2. The van der Waals surface area contributed by atoms with Crippen molar-refractivity contribution in [3.05, 3.63) is 64.3 Å². The number of hydrogen-bond acceptors (Lipinski definition) is 7. The van der Waals surface area contributed by atoms with Crippen molar-refractivity contribution in [1.82, 2.24) is 9.88 Å². The number of fused-ring (bicyclic) bond motifs is 1. The number of aliphatic hydroxyl groups is 1. The van der Waals surface area contributed by atoms with Gasteiger partial charge in [-0.2, -0.15) is 0 Å². The Bertz CT molecular complexity index is 1350. The molecule has 11 heteroatoms. The number of rotatable bonds is 11. The van der Waals surface area contributed by atoms with E-state index in [1.165, 1.54) is 12.1 Å². The molecule has 1 amide bonds. The number of aryl methyl sites for hydroxylation is 2. The van der Waals surface area contributed by atoms with Gasteiger partial charge in [0, 0.05) is 12.4 Å². The molecule has 3 rings (SSSR count). The quantitative estimate of drug-likeness (QED) is 0.285. The number of nitrogens with one attached hydrogen (secondary N) is 1. The second kappa shape index (κ2) is 11.9. The zero-order chi connectivity index (χ0) is 26.5. The summed E-state index contributed by atoms with van der Waals surface area (Å²) in [6.45, 7) is 3.64. The smallest absolute Gasteiger partial charge is 0.321 e. The highest BCUT2D eigenvalue weighted by Gasteiger charge is 2.22. The fourth-order valence-electron chi connectivity index (χ4n) is 3.72. The second-order valence-corrected chi connectivity index (χ2v) is 10.7. The van der Waals surface area contributed by atoms with Gasteiger partial charge in [-0.3, -0.25) is 9.59 Å². The topological polar surface area (TPSA) is 124 Å². The Labute approximate surface area is 214 Å². The maximum Gasteiger partial charge on any atom is 0.321 e. The molecule has 2 aromatic carbocycles. The summed E-state index contributed by atoms with van der Waals surface area (Å²) in [5.74, 6) is -1.99. The third kappa shape index (κ3) is 6.64. The SMILES string of the molecule is Cc1cc(Cl)c2cc(C(=O)N[C@H](C)c3ccc(S(=O)(=O)CC(=O)OCCOCCO)cc3)n(C)c2c1. The number of aromatic nitrogens is 1. The van der Waals surface area contributed by atoms with Crippen LogP contribution in [0, 0.1) is 6.92 Å². The summed E-state index contributed by atoms with van der Waals surface area (Å²) in [7, 11) is -2.11. The number of nitrogens with zero attached hydrogens (tertiary/aromatic N) is 1. The van der Waals surface area contributed by atoms with Crippen LogP contribution in [0.1, 0.15) is 34.6 Å². The van der Waals surface area contributed by atoms with Gasteiger partial charge in [0.15, 0.2) is 15.6 Å². The Morgan fingerprint density at radius 3 is 2.47 bits per heavy atom. The zero-order valence-corrected chi connectivity index (χ0v) is 21.9. The first-order chi connectivity index (χ1) is 17.0. The first kappa shape index (κ1) is 27.7. The van der Waals surface area contributed by atoms with Crippen molar-refractivity contribution in [3.63, 3.8) is 0 Å². The van der Waals surface area contributed by atoms with Gasteiger partial charge in [-0.15, -0.1) is 0 Å². The Balaban J connectivity index is 1.63. The molecular weight excluding hydrogens is 508 g/mol. The number of aliphatic hydroxyl groups excluding tert-OH is 1. The molecule has 1 aromatic heterocycles. The molecule has 1 atom stereocenters. The van der Waals surface area contributed by atoms with Crippen LogP contribution in [-0.4, -0.2) is 62.1 Å². The van der Waals surface area contributed by atoms with E-state index in [0.29, 0.717) is 16.3 Å². The van der Waals surface area contributed by atoms with Crippen LogP contribution in [0.5, 0.6) is 0 Å². The molecule has 0 saturated heterocycles. The van der Waals surface area contributed by atoms with E-state index >= 15 is 0 Å². The van der Waals surface area contributed by atoms with Gasteiger partial charge >= 0.3 is 5.97 Å². The highest BCUT2D eigenvalue weighted by molar-refractivity contribution is 7.92. The number of sulfone groups is 1. The van der Waals surface area contributed by atoms with E-state index < -0.39 is 27.6 Å². The van der Waals surface area contributed by atoms with Crippen LogP contribution in [0.2, 0.25) is 5.02 Å². The van der Waals surface area contributed by atoms with Gasteiger partial charge < -0.3 is 24.5 Å². The Kier molecular flexibility index (Phi) is 9.13. The van der Waals surface area contributed by atoms with Crippen LogP contribution < -0.4 is 5.32 Å². The van der Waals surface area contributed by atoms with Gasteiger partial charge in [0.25, 0.3) is 5.91 Å². The summed E-state index contributed by atoms with van der Waals surface area (Å²) in [4.78, 5) is 24.8. The largest absolute Gasteiger partial charge is 0.462 e. The predicted octanol–water partition coefficient (Wildman–Crippen LogP) is 2.96. The second-order valence-electron chi connectivity index (χ2n) is 8.35. The zero-order valence-electron chi connectivity index (χ0n) is 20.3. The summed E-state index contributed by atoms with van der Waals surface area (Å²) in [6.07, 6.45) is 0. The lowest BCUT2D eigenvalue weighted by Crippen LogP contribution is -2.28. The van der Waals surface area contributed by atoms with Crippen molar-refractivity contribution in [2.75, 3.05) is 32.2 Å². The average Bonchev–Trinajstić information content (AvgIpc) is 3.15. The van der Waals surface area contributed by atoms with Crippen molar-refractivity contribution in [3.8, 4) is 0 Å². The van der Waals surface area contributed by atoms with E-state index in [2.05, 4.69) is 5.32 Å². The minimum Gasteiger partial charge on any atom is -0.462 e.